The Balaban J connectivity index is 1.81. The SMILES string of the molecule is Fc1cc(F)cc(CNc2cc(Cl)nc(-c3ccc(C(F)(F)F)cc3)n2)c1. The zero-order valence-electron chi connectivity index (χ0n) is 13.5. The molecule has 1 heterocycles. The maximum Gasteiger partial charge on any atom is 0.416 e. The molecule has 0 fully saturated rings. The molecule has 3 aromatic rings. The fraction of sp³-hybridized carbons (Fsp3) is 0.111. The predicted octanol–water partition coefficient (Wildman–Crippen LogP) is 5.71. The van der Waals surface area contributed by atoms with Crippen molar-refractivity contribution < 1.29 is 22.0 Å². The zero-order valence-corrected chi connectivity index (χ0v) is 14.2. The summed E-state index contributed by atoms with van der Waals surface area (Å²) in [5.41, 5.74) is -0.108. The standard InChI is InChI=1S/C18H11ClF5N3/c19-15-8-16(25-9-10-5-13(20)7-14(21)6-10)27-17(26-15)11-1-3-12(4-2-11)18(22,23)24/h1-8H,9H2,(H,25,26,27). The molecule has 0 amide bonds. The number of alkyl halides is 3. The fourth-order valence-corrected chi connectivity index (χ4v) is 2.53. The first kappa shape index (κ1) is 19.0. The van der Waals surface area contributed by atoms with Crippen LogP contribution in [0.15, 0.2) is 48.5 Å². The van der Waals surface area contributed by atoms with Gasteiger partial charge in [0.15, 0.2) is 5.82 Å². The van der Waals surface area contributed by atoms with Gasteiger partial charge in [-0.25, -0.2) is 18.7 Å². The van der Waals surface area contributed by atoms with Crippen molar-refractivity contribution in [3.63, 3.8) is 0 Å². The van der Waals surface area contributed by atoms with Crippen LogP contribution in [0.25, 0.3) is 11.4 Å². The minimum Gasteiger partial charge on any atom is -0.366 e. The van der Waals surface area contributed by atoms with E-state index in [4.69, 9.17) is 11.6 Å². The summed E-state index contributed by atoms with van der Waals surface area (Å²) < 4.78 is 64.4. The van der Waals surface area contributed by atoms with Gasteiger partial charge in [0.1, 0.15) is 22.6 Å². The Morgan fingerprint density at radius 1 is 0.889 bits per heavy atom. The third-order valence-corrected chi connectivity index (χ3v) is 3.75. The van der Waals surface area contributed by atoms with Crippen LogP contribution in [0.1, 0.15) is 11.1 Å². The van der Waals surface area contributed by atoms with E-state index in [0.717, 1.165) is 30.3 Å². The highest BCUT2D eigenvalue weighted by molar-refractivity contribution is 6.29. The number of nitrogens with zero attached hydrogens (tertiary/aromatic N) is 2. The fourth-order valence-electron chi connectivity index (χ4n) is 2.35. The lowest BCUT2D eigenvalue weighted by Crippen LogP contribution is -2.05. The number of anilines is 1. The van der Waals surface area contributed by atoms with E-state index in [-0.39, 0.29) is 23.3 Å². The number of hydrogen-bond donors (Lipinski definition) is 1. The lowest BCUT2D eigenvalue weighted by Gasteiger charge is -2.10. The van der Waals surface area contributed by atoms with Crippen LogP contribution in [0, 0.1) is 11.6 Å². The average Bonchev–Trinajstić information content (AvgIpc) is 2.58. The van der Waals surface area contributed by atoms with Gasteiger partial charge in [-0.1, -0.05) is 23.7 Å². The molecule has 0 bridgehead atoms. The summed E-state index contributed by atoms with van der Waals surface area (Å²) in [5.74, 6) is -1.05. The van der Waals surface area contributed by atoms with Crippen molar-refractivity contribution in [3.05, 3.63) is 76.4 Å². The summed E-state index contributed by atoms with van der Waals surface area (Å²) in [7, 11) is 0. The smallest absolute Gasteiger partial charge is 0.366 e. The Hall–Kier alpha value is -2.74. The molecule has 9 heteroatoms. The van der Waals surface area contributed by atoms with Gasteiger partial charge in [-0.2, -0.15) is 13.2 Å². The molecule has 0 spiro atoms. The van der Waals surface area contributed by atoms with Gasteiger partial charge in [0.05, 0.1) is 5.56 Å². The Kier molecular flexibility index (Phi) is 5.27. The van der Waals surface area contributed by atoms with E-state index >= 15 is 0 Å². The average molecular weight is 400 g/mol. The molecular weight excluding hydrogens is 389 g/mol. The van der Waals surface area contributed by atoms with Crippen LogP contribution in [0.2, 0.25) is 5.15 Å². The maximum atomic E-state index is 13.2. The van der Waals surface area contributed by atoms with Crippen LogP contribution in [0.5, 0.6) is 0 Å². The molecule has 0 aliphatic rings. The highest BCUT2D eigenvalue weighted by Gasteiger charge is 2.30. The molecule has 0 aliphatic carbocycles. The number of halogens is 6. The van der Waals surface area contributed by atoms with Crippen LogP contribution >= 0.6 is 11.6 Å². The molecule has 0 atom stereocenters. The van der Waals surface area contributed by atoms with Gasteiger partial charge in [-0.05, 0) is 29.8 Å². The highest BCUT2D eigenvalue weighted by atomic mass is 35.5. The van der Waals surface area contributed by atoms with Gasteiger partial charge in [0.25, 0.3) is 0 Å². The Morgan fingerprint density at radius 2 is 1.52 bits per heavy atom. The van der Waals surface area contributed by atoms with Crippen LogP contribution in [-0.2, 0) is 12.7 Å². The molecule has 1 aromatic heterocycles. The summed E-state index contributed by atoms with van der Waals surface area (Å²) in [5, 5.41) is 2.92. The minimum atomic E-state index is -4.44. The molecule has 3 nitrogen and oxygen atoms in total. The van der Waals surface area contributed by atoms with Crippen LogP contribution in [0.4, 0.5) is 27.8 Å². The van der Waals surface area contributed by atoms with Gasteiger partial charge in [0, 0.05) is 24.2 Å². The van der Waals surface area contributed by atoms with Crippen LogP contribution < -0.4 is 5.32 Å². The largest absolute Gasteiger partial charge is 0.416 e. The Labute approximate surface area is 155 Å². The first-order valence-corrected chi connectivity index (χ1v) is 7.99. The van der Waals surface area contributed by atoms with Gasteiger partial charge >= 0.3 is 6.18 Å². The van der Waals surface area contributed by atoms with E-state index in [1.54, 1.807) is 0 Å². The molecule has 0 aliphatic heterocycles. The number of nitrogens with one attached hydrogen (secondary N) is 1. The monoisotopic (exact) mass is 399 g/mol. The second-order valence-electron chi connectivity index (χ2n) is 5.61. The maximum absolute atomic E-state index is 13.2. The number of aromatic nitrogens is 2. The van der Waals surface area contributed by atoms with Crippen molar-refractivity contribution in [2.75, 3.05) is 5.32 Å². The molecule has 1 N–H and O–H groups in total. The first-order valence-electron chi connectivity index (χ1n) is 7.62. The van der Waals surface area contributed by atoms with Crippen molar-refractivity contribution in [2.24, 2.45) is 0 Å². The summed E-state index contributed by atoms with van der Waals surface area (Å²) in [6, 6.07) is 8.79. The van der Waals surface area contributed by atoms with E-state index in [9.17, 15) is 22.0 Å². The van der Waals surface area contributed by atoms with Crippen LogP contribution in [0.3, 0.4) is 0 Å². The zero-order chi connectivity index (χ0) is 19.6. The topological polar surface area (TPSA) is 37.8 Å². The summed E-state index contributed by atoms with van der Waals surface area (Å²) in [6.45, 7) is 0.0640. The molecule has 0 unspecified atom stereocenters. The molecule has 3 rings (SSSR count). The third kappa shape index (κ3) is 4.91. The molecule has 0 saturated heterocycles. The molecule has 140 valence electrons. The minimum absolute atomic E-state index is 0.0628. The quantitative estimate of drug-likeness (QED) is 0.451. The molecular formula is C18H11ClF5N3. The lowest BCUT2D eigenvalue weighted by atomic mass is 10.1. The van der Waals surface area contributed by atoms with Crippen molar-refractivity contribution in [3.8, 4) is 11.4 Å². The summed E-state index contributed by atoms with van der Waals surface area (Å²) in [4.78, 5) is 8.17. The van der Waals surface area contributed by atoms with Crippen molar-refractivity contribution in [1.29, 1.82) is 0 Å². The second-order valence-corrected chi connectivity index (χ2v) is 5.99. The number of rotatable bonds is 4. The molecule has 0 radical (unpaired) electrons. The Morgan fingerprint density at radius 3 is 2.11 bits per heavy atom. The van der Waals surface area contributed by atoms with Crippen molar-refractivity contribution in [1.82, 2.24) is 9.97 Å². The van der Waals surface area contributed by atoms with Crippen molar-refractivity contribution in [2.45, 2.75) is 12.7 Å². The van der Waals surface area contributed by atoms with Gasteiger partial charge in [0.2, 0.25) is 0 Å². The molecule has 0 saturated carbocycles. The third-order valence-electron chi connectivity index (χ3n) is 3.56. The van der Waals surface area contributed by atoms with Crippen molar-refractivity contribution >= 4 is 17.4 Å². The normalized spacial score (nSPS) is 11.5. The number of hydrogen-bond acceptors (Lipinski definition) is 3. The van der Waals surface area contributed by atoms with E-state index in [2.05, 4.69) is 15.3 Å². The Bertz CT molecular complexity index is 938. The van der Waals surface area contributed by atoms with E-state index in [1.807, 2.05) is 0 Å². The molecule has 27 heavy (non-hydrogen) atoms. The van der Waals surface area contributed by atoms with E-state index in [1.165, 1.54) is 18.2 Å². The van der Waals surface area contributed by atoms with Gasteiger partial charge in [-0.15, -0.1) is 0 Å². The summed E-state index contributed by atoms with van der Waals surface area (Å²) >= 11 is 5.94. The van der Waals surface area contributed by atoms with Gasteiger partial charge in [-0.3, -0.25) is 0 Å². The summed E-state index contributed by atoms with van der Waals surface area (Å²) in [6.07, 6.45) is -4.44. The first-order chi connectivity index (χ1) is 12.7. The van der Waals surface area contributed by atoms with E-state index < -0.39 is 23.4 Å². The lowest BCUT2D eigenvalue weighted by molar-refractivity contribution is -0.137. The van der Waals surface area contributed by atoms with E-state index in [0.29, 0.717) is 11.1 Å². The predicted molar refractivity (Wildman–Crippen MR) is 91.2 cm³/mol. The number of benzene rings is 2. The molecule has 2 aromatic carbocycles. The highest BCUT2D eigenvalue weighted by Crippen LogP contribution is 2.30. The van der Waals surface area contributed by atoms with Crippen LogP contribution in [-0.4, -0.2) is 9.97 Å². The van der Waals surface area contributed by atoms with Gasteiger partial charge < -0.3 is 5.32 Å². The second kappa shape index (κ2) is 7.48.